The fraction of sp³-hybridized carbons (Fsp3) is 0.491. The molecule has 4 rings (SSSR count). The molecular formula is C53H74N16O15S. The lowest BCUT2D eigenvalue weighted by Gasteiger charge is -2.27. The number of non-ortho nitro benzene ring substituents is 1. The molecule has 0 fully saturated rings. The fourth-order valence-corrected chi connectivity index (χ4v) is 9.01. The van der Waals surface area contributed by atoms with Gasteiger partial charge in [0.25, 0.3) is 11.4 Å². The molecule has 0 saturated carbocycles. The van der Waals surface area contributed by atoms with Crippen molar-refractivity contribution < 1.29 is 62.9 Å². The van der Waals surface area contributed by atoms with Gasteiger partial charge in [-0.25, -0.2) is 4.98 Å². The van der Waals surface area contributed by atoms with Gasteiger partial charge in [0, 0.05) is 48.6 Å². The van der Waals surface area contributed by atoms with Gasteiger partial charge in [0.05, 0.1) is 40.6 Å². The predicted octanol–water partition coefficient (Wildman–Crippen LogP) is -1.60. The van der Waals surface area contributed by atoms with Gasteiger partial charge in [0.2, 0.25) is 59.1 Å². The van der Waals surface area contributed by atoms with E-state index in [1.807, 2.05) is 0 Å². The van der Waals surface area contributed by atoms with E-state index in [9.17, 15) is 73.3 Å². The molecule has 0 spiro atoms. The van der Waals surface area contributed by atoms with Crippen LogP contribution in [0, 0.1) is 32.1 Å². The number of fused-ring (bicyclic) bond motifs is 1. The second kappa shape index (κ2) is 32.1. The number of carbonyl (C=O) groups is 10. The number of nitro benzene ring substituents is 2. The van der Waals surface area contributed by atoms with Crippen molar-refractivity contribution in [3.8, 4) is 5.69 Å². The lowest BCUT2D eigenvalue weighted by atomic mass is 10.0. The number of carbonyl (C=O) groups excluding carboxylic acids is 10. The number of aromatic nitrogens is 3. The van der Waals surface area contributed by atoms with E-state index >= 15 is 0 Å². The van der Waals surface area contributed by atoms with E-state index in [4.69, 9.17) is 17.2 Å². The van der Waals surface area contributed by atoms with Crippen LogP contribution in [0.5, 0.6) is 0 Å². The molecule has 2 aromatic carbocycles. The number of hydrogen-bond acceptors (Lipinski definition) is 18. The van der Waals surface area contributed by atoms with Crippen LogP contribution in [0.2, 0.25) is 0 Å². The number of benzene rings is 2. The Morgan fingerprint density at radius 2 is 1.33 bits per heavy atom. The summed E-state index contributed by atoms with van der Waals surface area (Å²) >= 11 is 1.41. The summed E-state index contributed by atoms with van der Waals surface area (Å²) in [6, 6.07) is -1.06. The number of H-pyrrole nitrogens is 1. The molecule has 16 N–H and O–H groups in total. The smallest absolute Gasteiger partial charge is 0.300 e. The van der Waals surface area contributed by atoms with Gasteiger partial charge in [-0.2, -0.15) is 11.8 Å². The van der Waals surface area contributed by atoms with Crippen molar-refractivity contribution in [3.05, 3.63) is 92.7 Å². The Hall–Kier alpha value is -9.04. The highest BCUT2D eigenvalue weighted by Gasteiger charge is 2.35. The minimum atomic E-state index is -1.58. The monoisotopic (exact) mass is 1210 g/mol. The van der Waals surface area contributed by atoms with E-state index in [1.165, 1.54) is 36.4 Å². The molecule has 10 amide bonds. The van der Waals surface area contributed by atoms with Crippen molar-refractivity contribution in [2.45, 2.75) is 135 Å². The van der Waals surface area contributed by atoms with Crippen LogP contribution in [0.25, 0.3) is 16.6 Å². The highest BCUT2D eigenvalue weighted by Crippen LogP contribution is 2.28. The molecule has 0 unspecified atom stereocenters. The van der Waals surface area contributed by atoms with Gasteiger partial charge >= 0.3 is 0 Å². The molecule has 0 aliphatic heterocycles. The molecule has 0 aliphatic rings. The van der Waals surface area contributed by atoms with Gasteiger partial charge in [-0.1, -0.05) is 45.9 Å². The molecule has 32 heteroatoms. The van der Waals surface area contributed by atoms with Crippen molar-refractivity contribution in [1.29, 1.82) is 0 Å². The van der Waals surface area contributed by atoms with Crippen molar-refractivity contribution in [1.82, 2.24) is 57.1 Å². The van der Waals surface area contributed by atoms with Crippen LogP contribution >= 0.6 is 11.8 Å². The molecule has 2 aromatic heterocycles. The molecule has 0 bridgehead atoms. The van der Waals surface area contributed by atoms with Crippen LogP contribution in [-0.2, 0) is 60.8 Å². The number of nitrogens with zero attached hydrogens (tertiary/aromatic N) is 4. The number of nitro groups is 2. The van der Waals surface area contributed by atoms with E-state index in [0.717, 1.165) is 24.5 Å². The van der Waals surface area contributed by atoms with Crippen molar-refractivity contribution in [2.24, 2.45) is 29.0 Å². The van der Waals surface area contributed by atoms with Crippen LogP contribution in [0.15, 0.2) is 61.2 Å². The van der Waals surface area contributed by atoms with E-state index < -0.39 is 154 Å². The second-order valence-electron chi connectivity index (χ2n) is 20.9. The topological polar surface area (TPSA) is 485 Å². The number of para-hydroxylation sites is 1. The van der Waals surface area contributed by atoms with Crippen molar-refractivity contribution in [3.63, 3.8) is 0 Å². The summed E-state index contributed by atoms with van der Waals surface area (Å²) in [6.45, 7) is 8.44. The Morgan fingerprint density at radius 3 is 1.94 bits per heavy atom. The number of rotatable bonds is 34. The first-order valence-electron chi connectivity index (χ1n) is 26.9. The average Bonchev–Trinajstić information content (AvgIpc) is 3.60. The summed E-state index contributed by atoms with van der Waals surface area (Å²) in [5, 5.41) is 54.1. The Kier molecular flexibility index (Phi) is 25.9. The third-order valence-corrected chi connectivity index (χ3v) is 13.9. The van der Waals surface area contributed by atoms with Crippen molar-refractivity contribution >= 4 is 93.1 Å². The minimum Gasteiger partial charge on any atom is -0.391 e. The number of nitrogens with two attached hydrogens (primary N) is 3. The number of hydrogen-bond donors (Lipinski definition) is 13. The molecule has 85 heavy (non-hydrogen) atoms. The van der Waals surface area contributed by atoms with Gasteiger partial charge in [-0.3, -0.25) is 72.7 Å². The zero-order valence-corrected chi connectivity index (χ0v) is 48.7. The molecule has 0 saturated heterocycles. The number of primary amides is 2. The third-order valence-electron chi connectivity index (χ3n) is 13.2. The van der Waals surface area contributed by atoms with Gasteiger partial charge in [-0.15, -0.1) is 0 Å². The average molecular weight is 1210 g/mol. The Labute approximate surface area is 491 Å². The normalized spacial score (nSPS) is 14.4. The number of aromatic amines is 1. The number of aliphatic hydroxyl groups is 1. The van der Waals surface area contributed by atoms with Crippen LogP contribution in [0.3, 0.4) is 0 Å². The molecule has 31 nitrogen and oxygen atoms in total. The predicted molar refractivity (Wildman–Crippen MR) is 309 cm³/mol. The number of aliphatic hydroxyl groups excluding tert-OH is 1. The van der Waals surface area contributed by atoms with Crippen LogP contribution < -0.4 is 59.7 Å². The van der Waals surface area contributed by atoms with E-state index in [0.29, 0.717) is 22.2 Å². The van der Waals surface area contributed by atoms with Gasteiger partial charge < -0.3 is 69.8 Å². The van der Waals surface area contributed by atoms with E-state index in [1.54, 1.807) is 64.4 Å². The first-order chi connectivity index (χ1) is 40.0. The zero-order valence-electron chi connectivity index (χ0n) is 47.9. The van der Waals surface area contributed by atoms with Crippen molar-refractivity contribution in [2.75, 3.05) is 18.6 Å². The van der Waals surface area contributed by atoms with Crippen LogP contribution in [0.4, 0.5) is 11.4 Å². The van der Waals surface area contributed by atoms with Gasteiger partial charge in [0.1, 0.15) is 54.0 Å². The SMILES string of the molecule is CSCC[C@H](NC(=O)[C@@H](CC(C)C)NC(=O)[C@H](Cc1cn(-c2ccc([N+](=O)[O-])cc2[N+](=O)[O-])cn1)NC(=O)CNC(=O)[C@@H](NC(=O)[C@H](C)NC(=O)[C@H](Cc1c[nH]c2ccccc12)NC(=O)[C@H](CCC(N)=O)NC(=O)[C@@H](N)[C@@H](C)O)C(C)C)C(N)=O. The number of nitrogens with one attached hydrogen (secondary N) is 9. The first-order valence-corrected chi connectivity index (χ1v) is 28.3. The summed E-state index contributed by atoms with van der Waals surface area (Å²) < 4.78 is 1.17. The lowest BCUT2D eigenvalue weighted by molar-refractivity contribution is -0.394. The zero-order chi connectivity index (χ0) is 63.4. The van der Waals surface area contributed by atoms with Gasteiger partial charge in [-0.05, 0) is 74.7 Å². The van der Waals surface area contributed by atoms with Crippen LogP contribution in [0.1, 0.15) is 78.5 Å². The summed E-state index contributed by atoms with van der Waals surface area (Å²) in [7, 11) is 0. The summed E-state index contributed by atoms with van der Waals surface area (Å²) in [4.78, 5) is 163. The molecular weight excluding hydrogens is 1130 g/mol. The summed E-state index contributed by atoms with van der Waals surface area (Å²) in [5.41, 5.74) is 16.7. The first kappa shape index (κ1) is 68.5. The quantitative estimate of drug-likeness (QED) is 0.0185. The number of amides is 10. The maximum Gasteiger partial charge on any atom is 0.300 e. The van der Waals surface area contributed by atoms with E-state index in [-0.39, 0.29) is 49.4 Å². The Morgan fingerprint density at radius 1 is 0.718 bits per heavy atom. The molecule has 4 aromatic rings. The summed E-state index contributed by atoms with van der Waals surface area (Å²) in [6.07, 6.45) is 3.45. The highest BCUT2D eigenvalue weighted by molar-refractivity contribution is 7.98. The maximum atomic E-state index is 14.3. The molecule has 2 heterocycles. The Bertz CT molecular complexity index is 3090. The third kappa shape index (κ3) is 20.7. The highest BCUT2D eigenvalue weighted by atomic mass is 32.2. The largest absolute Gasteiger partial charge is 0.391 e. The standard InChI is InChI=1S/C53H74N16O15S/c1-26(2)18-37(50(77)62-35(46(56)73)16-17-85-7)64-51(78)39(20-31-24-67(25-59-31)40-14-12-32(68(81)82)21-41(40)69(83)84)61-43(72)23-58-53(80)45(27(3)4)66-47(74)28(5)60-49(76)38(19-30-22-57-34-11-9-8-10-33(30)34)65-48(75)36(13-15-42(54)71)63-52(79)44(55)29(6)70/h8-12,14,21-22,24-29,35-39,44-45,57,70H,13,15-20,23,55H2,1-7H3,(H2,54,71)(H2,56,73)(H,58,80)(H,60,76)(H,61,72)(H,62,77)(H,63,79)(H,64,78)(H,65,75)(H,66,74)/t28-,29+,35-,36-,37+,38-,39-,44-,45-/m0/s1. The molecule has 0 aliphatic carbocycles. The number of imidazole rings is 1. The molecule has 462 valence electrons. The Balaban J connectivity index is 1.55. The molecule has 0 radical (unpaired) electrons. The minimum absolute atomic E-state index is 0.0512. The lowest BCUT2D eigenvalue weighted by Crippen LogP contribution is -2.60. The fourth-order valence-electron chi connectivity index (χ4n) is 8.54. The second-order valence-corrected chi connectivity index (χ2v) is 21.8. The maximum absolute atomic E-state index is 14.3. The number of thioether (sulfide) groups is 1. The van der Waals surface area contributed by atoms with Crippen LogP contribution in [-0.4, -0.2) is 162 Å². The summed E-state index contributed by atoms with van der Waals surface area (Å²) in [5.74, 6) is -9.19. The van der Waals surface area contributed by atoms with Gasteiger partial charge in [0.15, 0.2) is 0 Å². The van der Waals surface area contributed by atoms with E-state index in [2.05, 4.69) is 52.5 Å². The molecule has 9 atom stereocenters.